The number of rotatable bonds is 4. The highest BCUT2D eigenvalue weighted by Crippen LogP contribution is 2.08. The molecule has 0 aliphatic rings. The average Bonchev–Trinajstić information content (AvgIpc) is 1.89. The Morgan fingerprint density at radius 1 is 1.33 bits per heavy atom. The molecule has 0 heterocycles. The Bertz CT molecular complexity index is 68.7. The SMILES string of the molecule is CNCC(C)(CN)CN. The van der Waals surface area contributed by atoms with Gasteiger partial charge in [-0.2, -0.15) is 0 Å². The summed E-state index contributed by atoms with van der Waals surface area (Å²) in [7, 11) is 1.91. The van der Waals surface area contributed by atoms with Crippen LogP contribution in [0.3, 0.4) is 0 Å². The highest BCUT2D eigenvalue weighted by molar-refractivity contribution is 4.77. The van der Waals surface area contributed by atoms with Crippen LogP contribution in [0, 0.1) is 5.41 Å². The molecule has 3 nitrogen and oxygen atoms in total. The Labute approximate surface area is 56.8 Å². The molecule has 5 N–H and O–H groups in total. The third-order valence-electron chi connectivity index (χ3n) is 1.59. The van der Waals surface area contributed by atoms with E-state index in [1.54, 1.807) is 0 Å². The second kappa shape index (κ2) is 3.82. The minimum absolute atomic E-state index is 0.0781. The zero-order chi connectivity index (χ0) is 7.33. The fourth-order valence-corrected chi connectivity index (χ4v) is 0.654. The smallest absolute Gasteiger partial charge is 0.00444 e. The first-order valence-electron chi connectivity index (χ1n) is 3.23. The Hall–Kier alpha value is -0.120. The summed E-state index contributed by atoms with van der Waals surface area (Å²) in [6, 6.07) is 0. The first kappa shape index (κ1) is 8.88. The summed E-state index contributed by atoms with van der Waals surface area (Å²) in [5, 5.41) is 3.05. The normalized spacial score (nSPS) is 12.0. The van der Waals surface area contributed by atoms with Gasteiger partial charge in [-0.25, -0.2) is 0 Å². The first-order valence-corrected chi connectivity index (χ1v) is 3.23. The van der Waals surface area contributed by atoms with E-state index in [0.717, 1.165) is 6.54 Å². The van der Waals surface area contributed by atoms with E-state index in [2.05, 4.69) is 12.2 Å². The van der Waals surface area contributed by atoms with Crippen LogP contribution in [-0.4, -0.2) is 26.7 Å². The van der Waals surface area contributed by atoms with Gasteiger partial charge in [-0.05, 0) is 7.05 Å². The van der Waals surface area contributed by atoms with Crippen molar-refractivity contribution in [2.75, 3.05) is 26.7 Å². The van der Waals surface area contributed by atoms with Crippen molar-refractivity contribution in [2.24, 2.45) is 16.9 Å². The molecule has 0 aromatic carbocycles. The van der Waals surface area contributed by atoms with Crippen molar-refractivity contribution in [1.29, 1.82) is 0 Å². The lowest BCUT2D eigenvalue weighted by molar-refractivity contribution is 0.337. The van der Waals surface area contributed by atoms with Gasteiger partial charge in [0.15, 0.2) is 0 Å². The fourth-order valence-electron chi connectivity index (χ4n) is 0.654. The minimum atomic E-state index is 0.0781. The molecule has 0 saturated heterocycles. The van der Waals surface area contributed by atoms with E-state index in [0.29, 0.717) is 13.1 Å². The lowest BCUT2D eigenvalue weighted by Crippen LogP contribution is -2.42. The van der Waals surface area contributed by atoms with E-state index in [4.69, 9.17) is 11.5 Å². The van der Waals surface area contributed by atoms with Gasteiger partial charge in [0.25, 0.3) is 0 Å². The Balaban J connectivity index is 3.62. The zero-order valence-corrected chi connectivity index (χ0v) is 6.28. The van der Waals surface area contributed by atoms with Crippen LogP contribution in [0.1, 0.15) is 6.92 Å². The number of hydrogen-bond acceptors (Lipinski definition) is 3. The molecule has 0 aromatic rings. The van der Waals surface area contributed by atoms with Crippen molar-refractivity contribution < 1.29 is 0 Å². The summed E-state index contributed by atoms with van der Waals surface area (Å²) >= 11 is 0. The first-order chi connectivity index (χ1) is 4.18. The summed E-state index contributed by atoms with van der Waals surface area (Å²) in [5.74, 6) is 0. The third kappa shape index (κ3) is 2.79. The van der Waals surface area contributed by atoms with Crippen LogP contribution in [-0.2, 0) is 0 Å². The van der Waals surface area contributed by atoms with E-state index < -0.39 is 0 Å². The van der Waals surface area contributed by atoms with Gasteiger partial charge in [0.2, 0.25) is 0 Å². The number of nitrogens with two attached hydrogens (primary N) is 2. The molecule has 0 aromatic heterocycles. The van der Waals surface area contributed by atoms with E-state index in [9.17, 15) is 0 Å². The third-order valence-corrected chi connectivity index (χ3v) is 1.59. The van der Waals surface area contributed by atoms with Gasteiger partial charge in [-0.1, -0.05) is 6.92 Å². The van der Waals surface area contributed by atoms with E-state index >= 15 is 0 Å². The molecule has 0 aliphatic heterocycles. The van der Waals surface area contributed by atoms with Gasteiger partial charge in [0.05, 0.1) is 0 Å². The molecule has 3 heteroatoms. The van der Waals surface area contributed by atoms with Gasteiger partial charge in [-0.3, -0.25) is 0 Å². The quantitative estimate of drug-likeness (QED) is 0.464. The maximum atomic E-state index is 5.48. The van der Waals surface area contributed by atoms with Crippen molar-refractivity contribution >= 4 is 0 Å². The van der Waals surface area contributed by atoms with Gasteiger partial charge in [0, 0.05) is 25.0 Å². The van der Waals surface area contributed by atoms with E-state index in [-0.39, 0.29) is 5.41 Å². The molecule has 0 aliphatic carbocycles. The highest BCUT2D eigenvalue weighted by atomic mass is 14.9. The van der Waals surface area contributed by atoms with Crippen molar-refractivity contribution in [2.45, 2.75) is 6.92 Å². The Morgan fingerprint density at radius 3 is 1.89 bits per heavy atom. The molecule has 0 saturated carbocycles. The largest absolute Gasteiger partial charge is 0.330 e. The van der Waals surface area contributed by atoms with Gasteiger partial charge in [0.1, 0.15) is 0 Å². The molecule has 0 atom stereocenters. The highest BCUT2D eigenvalue weighted by Gasteiger charge is 2.18. The Morgan fingerprint density at radius 2 is 1.78 bits per heavy atom. The van der Waals surface area contributed by atoms with E-state index in [1.165, 1.54) is 0 Å². The topological polar surface area (TPSA) is 64.1 Å². The predicted molar refractivity (Wildman–Crippen MR) is 40.1 cm³/mol. The maximum absolute atomic E-state index is 5.48. The monoisotopic (exact) mass is 131 g/mol. The molecular formula is C6H17N3. The number of nitrogens with one attached hydrogen (secondary N) is 1. The summed E-state index contributed by atoms with van der Waals surface area (Å²) in [6.45, 7) is 4.25. The van der Waals surface area contributed by atoms with Crippen LogP contribution in [0.15, 0.2) is 0 Å². The summed E-state index contributed by atoms with van der Waals surface area (Å²) in [5.41, 5.74) is 11.0. The second-order valence-corrected chi connectivity index (χ2v) is 2.75. The lowest BCUT2D eigenvalue weighted by Gasteiger charge is -2.25. The molecule has 0 fully saturated rings. The maximum Gasteiger partial charge on any atom is 0.00444 e. The zero-order valence-electron chi connectivity index (χ0n) is 6.28. The fraction of sp³-hybridized carbons (Fsp3) is 1.00. The van der Waals surface area contributed by atoms with Crippen LogP contribution < -0.4 is 16.8 Å². The van der Waals surface area contributed by atoms with Gasteiger partial charge < -0.3 is 16.8 Å². The molecule has 0 unspecified atom stereocenters. The van der Waals surface area contributed by atoms with Crippen LogP contribution >= 0.6 is 0 Å². The number of hydrogen-bond donors (Lipinski definition) is 3. The molecule has 0 amide bonds. The summed E-state index contributed by atoms with van der Waals surface area (Å²) in [6.07, 6.45) is 0. The minimum Gasteiger partial charge on any atom is -0.330 e. The molecule has 0 spiro atoms. The molecular weight excluding hydrogens is 114 g/mol. The predicted octanol–water partition coefficient (Wildman–Crippen LogP) is -0.870. The molecule has 9 heavy (non-hydrogen) atoms. The Kier molecular flexibility index (Phi) is 3.77. The molecule has 0 rings (SSSR count). The van der Waals surface area contributed by atoms with Crippen molar-refractivity contribution in [3.8, 4) is 0 Å². The van der Waals surface area contributed by atoms with Crippen molar-refractivity contribution in [1.82, 2.24) is 5.32 Å². The van der Waals surface area contributed by atoms with Gasteiger partial charge in [-0.15, -0.1) is 0 Å². The van der Waals surface area contributed by atoms with Crippen molar-refractivity contribution in [3.63, 3.8) is 0 Å². The van der Waals surface area contributed by atoms with Crippen LogP contribution in [0.4, 0.5) is 0 Å². The summed E-state index contributed by atoms with van der Waals surface area (Å²) < 4.78 is 0. The van der Waals surface area contributed by atoms with Crippen LogP contribution in [0.2, 0.25) is 0 Å². The van der Waals surface area contributed by atoms with E-state index in [1.807, 2.05) is 7.05 Å². The van der Waals surface area contributed by atoms with Crippen LogP contribution in [0.25, 0.3) is 0 Å². The standard InChI is InChI=1S/C6H17N3/c1-6(3-7,4-8)5-9-2/h9H,3-5,7-8H2,1-2H3. The van der Waals surface area contributed by atoms with Crippen molar-refractivity contribution in [3.05, 3.63) is 0 Å². The summed E-state index contributed by atoms with van der Waals surface area (Å²) in [4.78, 5) is 0. The molecule has 0 radical (unpaired) electrons. The van der Waals surface area contributed by atoms with Crippen LogP contribution in [0.5, 0.6) is 0 Å². The second-order valence-electron chi connectivity index (χ2n) is 2.75. The molecule has 0 bridgehead atoms. The molecule has 56 valence electrons. The average molecular weight is 131 g/mol. The van der Waals surface area contributed by atoms with Gasteiger partial charge >= 0.3 is 0 Å². The lowest BCUT2D eigenvalue weighted by atomic mass is 9.91.